The molecule has 6 nitrogen and oxygen atoms in total. The van der Waals surface area contributed by atoms with Gasteiger partial charge in [0.1, 0.15) is 12.4 Å². The molecular weight excluding hydrogens is 460 g/mol. The summed E-state index contributed by atoms with van der Waals surface area (Å²) in [5, 5.41) is 4.00. The largest absolute Gasteiger partial charge is 0.352 e. The van der Waals surface area contributed by atoms with Gasteiger partial charge in [-0.2, -0.15) is 0 Å². The van der Waals surface area contributed by atoms with E-state index in [4.69, 9.17) is 16.6 Å². The van der Waals surface area contributed by atoms with Gasteiger partial charge in [-0.3, -0.25) is 14.2 Å². The third kappa shape index (κ3) is 5.44. The van der Waals surface area contributed by atoms with Crippen molar-refractivity contribution in [1.29, 1.82) is 0 Å². The van der Waals surface area contributed by atoms with Gasteiger partial charge in [0.25, 0.3) is 5.56 Å². The van der Waals surface area contributed by atoms with Gasteiger partial charge in [-0.25, -0.2) is 4.98 Å². The van der Waals surface area contributed by atoms with Gasteiger partial charge in [0.15, 0.2) is 0 Å². The summed E-state index contributed by atoms with van der Waals surface area (Å²) in [6.07, 6.45) is 5.12. The average molecular weight is 493 g/mol. The van der Waals surface area contributed by atoms with Gasteiger partial charge >= 0.3 is 0 Å². The Morgan fingerprint density at radius 3 is 2.69 bits per heavy atom. The van der Waals surface area contributed by atoms with Crippen LogP contribution in [0.5, 0.6) is 0 Å². The quantitative estimate of drug-likeness (QED) is 0.513. The van der Waals surface area contributed by atoms with Crippen molar-refractivity contribution in [3.8, 4) is 11.4 Å². The van der Waals surface area contributed by atoms with Crippen molar-refractivity contribution in [2.24, 2.45) is 5.92 Å². The first-order chi connectivity index (χ1) is 16.9. The highest BCUT2D eigenvalue weighted by atomic mass is 35.5. The topological polar surface area (TPSA) is 67.2 Å². The highest BCUT2D eigenvalue weighted by Crippen LogP contribution is 2.48. The fourth-order valence-corrected chi connectivity index (χ4v) is 5.50. The molecule has 0 spiro atoms. The molecule has 0 radical (unpaired) electrons. The number of carbonyl (C=O) groups excluding carboxylic acids is 1. The molecule has 0 unspecified atom stereocenters. The number of hydrogen-bond acceptors (Lipinski definition) is 4. The van der Waals surface area contributed by atoms with E-state index in [9.17, 15) is 9.59 Å². The molecule has 1 N–H and O–H groups in total. The molecule has 1 aromatic heterocycles. The summed E-state index contributed by atoms with van der Waals surface area (Å²) in [6, 6.07) is 13.3. The molecule has 0 bridgehead atoms. The molecule has 184 valence electrons. The second-order valence-corrected chi connectivity index (χ2v) is 10.7. The Balaban J connectivity index is 1.49. The molecule has 2 atom stereocenters. The van der Waals surface area contributed by atoms with Crippen LogP contribution in [0.2, 0.25) is 5.02 Å². The van der Waals surface area contributed by atoms with Crippen LogP contribution in [0.1, 0.15) is 51.0 Å². The Kier molecular flexibility index (Phi) is 6.94. The SMILES string of the molecule is CC(C)NC(=O)Cn1c(-c2cccc(Cl)c2)nc2ccc([C@@H]3C[C@H]3CN3CCCCC3)cc2c1=O. The number of hydrogen-bond donors (Lipinski definition) is 1. The van der Waals surface area contributed by atoms with Crippen LogP contribution in [0.15, 0.2) is 47.3 Å². The lowest BCUT2D eigenvalue weighted by Gasteiger charge is -2.26. The van der Waals surface area contributed by atoms with Crippen LogP contribution < -0.4 is 10.9 Å². The molecule has 2 fully saturated rings. The van der Waals surface area contributed by atoms with Crippen LogP contribution in [0.25, 0.3) is 22.3 Å². The fourth-order valence-electron chi connectivity index (χ4n) is 5.31. The molecule has 7 heteroatoms. The van der Waals surface area contributed by atoms with Gasteiger partial charge in [0.2, 0.25) is 5.91 Å². The molecule has 5 rings (SSSR count). The maximum atomic E-state index is 13.7. The lowest BCUT2D eigenvalue weighted by Crippen LogP contribution is -2.37. The second-order valence-electron chi connectivity index (χ2n) is 10.3. The van der Waals surface area contributed by atoms with Crippen molar-refractivity contribution in [3.05, 3.63) is 63.4 Å². The van der Waals surface area contributed by atoms with Crippen molar-refractivity contribution in [2.45, 2.75) is 58.0 Å². The number of halogens is 1. The zero-order valence-electron chi connectivity index (χ0n) is 20.5. The Bertz CT molecular complexity index is 1300. The molecule has 1 saturated carbocycles. The number of aromatic nitrogens is 2. The van der Waals surface area contributed by atoms with E-state index in [0.29, 0.717) is 39.1 Å². The summed E-state index contributed by atoms with van der Waals surface area (Å²) in [5.74, 6) is 1.38. The minimum absolute atomic E-state index is 0.0143. The van der Waals surface area contributed by atoms with E-state index in [2.05, 4.69) is 16.3 Å². The predicted octanol–water partition coefficient (Wildman–Crippen LogP) is 4.83. The maximum Gasteiger partial charge on any atom is 0.262 e. The van der Waals surface area contributed by atoms with Gasteiger partial charge in [0.05, 0.1) is 10.9 Å². The highest BCUT2D eigenvalue weighted by Gasteiger charge is 2.39. The first-order valence-electron chi connectivity index (χ1n) is 12.7. The number of rotatable bonds is 7. The van der Waals surface area contributed by atoms with Gasteiger partial charge in [-0.05, 0) is 87.9 Å². The molecule has 3 aromatic rings. The van der Waals surface area contributed by atoms with E-state index in [1.165, 1.54) is 48.9 Å². The summed E-state index contributed by atoms with van der Waals surface area (Å²) < 4.78 is 1.48. The minimum atomic E-state index is -0.216. The van der Waals surface area contributed by atoms with Crippen LogP contribution in [0.4, 0.5) is 0 Å². The Morgan fingerprint density at radius 2 is 1.94 bits per heavy atom. The number of nitrogens with one attached hydrogen (secondary N) is 1. The van der Waals surface area contributed by atoms with E-state index in [0.717, 1.165) is 6.54 Å². The lowest BCUT2D eigenvalue weighted by atomic mass is 10.1. The van der Waals surface area contributed by atoms with E-state index in [1.54, 1.807) is 12.1 Å². The first-order valence-corrected chi connectivity index (χ1v) is 13.1. The number of piperidine rings is 1. The van der Waals surface area contributed by atoms with E-state index in [1.807, 2.05) is 38.1 Å². The molecule has 1 aliphatic carbocycles. The molecule has 1 aliphatic heterocycles. The summed E-state index contributed by atoms with van der Waals surface area (Å²) in [7, 11) is 0. The minimum Gasteiger partial charge on any atom is -0.352 e. The zero-order valence-corrected chi connectivity index (χ0v) is 21.2. The summed E-state index contributed by atoms with van der Waals surface area (Å²) in [5.41, 5.74) is 2.36. The molecule has 2 aromatic carbocycles. The standard InChI is InChI=1S/C28H33ClN4O2/c1-18(2)30-26(34)17-33-27(20-7-6-8-22(29)13-20)31-25-10-9-19(14-24(25)28(33)35)23-15-21(23)16-32-11-4-3-5-12-32/h6-10,13-14,18,21,23H,3-5,11-12,15-17H2,1-2H3,(H,30,34)/t21-,23-/m0/s1. The smallest absolute Gasteiger partial charge is 0.262 e. The first kappa shape index (κ1) is 24.0. The van der Waals surface area contributed by atoms with Gasteiger partial charge < -0.3 is 10.2 Å². The Hall–Kier alpha value is -2.70. The van der Waals surface area contributed by atoms with Crippen LogP contribution in [0.3, 0.4) is 0 Å². The third-order valence-electron chi connectivity index (χ3n) is 7.10. The van der Waals surface area contributed by atoms with Crippen molar-refractivity contribution in [2.75, 3.05) is 19.6 Å². The molecule has 2 heterocycles. The molecule has 35 heavy (non-hydrogen) atoms. The average Bonchev–Trinajstić information content (AvgIpc) is 3.59. The fraction of sp³-hybridized carbons (Fsp3) is 0.464. The van der Waals surface area contributed by atoms with Crippen LogP contribution in [-0.4, -0.2) is 46.0 Å². The number of likely N-dealkylation sites (tertiary alicyclic amines) is 1. The van der Waals surface area contributed by atoms with E-state index in [-0.39, 0.29) is 24.1 Å². The molecule has 1 saturated heterocycles. The molecule has 1 amide bonds. The predicted molar refractivity (Wildman–Crippen MR) is 141 cm³/mol. The number of carbonyl (C=O) groups is 1. The van der Waals surface area contributed by atoms with E-state index >= 15 is 0 Å². The van der Waals surface area contributed by atoms with Gasteiger partial charge in [-0.15, -0.1) is 0 Å². The summed E-state index contributed by atoms with van der Waals surface area (Å²) in [4.78, 5) is 33.8. The highest BCUT2D eigenvalue weighted by molar-refractivity contribution is 6.30. The number of nitrogens with zero attached hydrogens (tertiary/aromatic N) is 3. The van der Waals surface area contributed by atoms with Crippen molar-refractivity contribution in [3.63, 3.8) is 0 Å². The third-order valence-corrected chi connectivity index (χ3v) is 7.34. The number of fused-ring (bicyclic) bond motifs is 1. The van der Waals surface area contributed by atoms with Crippen molar-refractivity contribution >= 4 is 28.4 Å². The summed E-state index contributed by atoms with van der Waals surface area (Å²) in [6.45, 7) is 7.28. The molecular formula is C28H33ClN4O2. The van der Waals surface area contributed by atoms with Crippen LogP contribution in [-0.2, 0) is 11.3 Å². The van der Waals surface area contributed by atoms with Gasteiger partial charge in [0, 0.05) is 23.2 Å². The Morgan fingerprint density at radius 1 is 1.14 bits per heavy atom. The number of benzene rings is 2. The number of amides is 1. The van der Waals surface area contributed by atoms with Crippen LogP contribution in [0, 0.1) is 5.92 Å². The van der Waals surface area contributed by atoms with E-state index < -0.39 is 0 Å². The Labute approximate surface area is 211 Å². The lowest BCUT2D eigenvalue weighted by molar-refractivity contribution is -0.122. The normalized spacial score (nSPS) is 20.3. The molecule has 2 aliphatic rings. The van der Waals surface area contributed by atoms with Crippen molar-refractivity contribution in [1.82, 2.24) is 19.8 Å². The second kappa shape index (κ2) is 10.1. The monoisotopic (exact) mass is 492 g/mol. The van der Waals surface area contributed by atoms with Crippen molar-refractivity contribution < 1.29 is 4.79 Å². The zero-order chi connectivity index (χ0) is 24.5. The summed E-state index contributed by atoms with van der Waals surface area (Å²) >= 11 is 6.23. The van der Waals surface area contributed by atoms with Crippen LogP contribution >= 0.6 is 11.6 Å². The maximum absolute atomic E-state index is 13.7. The van der Waals surface area contributed by atoms with Gasteiger partial charge in [-0.1, -0.05) is 36.2 Å².